The first-order valence-corrected chi connectivity index (χ1v) is 8.80. The number of hydrogen-bond acceptors (Lipinski definition) is 4. The van der Waals surface area contributed by atoms with E-state index in [4.69, 9.17) is 0 Å². The smallest absolute Gasteiger partial charge is 0.224 e. The summed E-state index contributed by atoms with van der Waals surface area (Å²) in [4.78, 5) is 30.9. The minimum Gasteiger partial charge on any atom is -0.388 e. The number of benzene rings is 1. The van der Waals surface area contributed by atoms with Crippen molar-refractivity contribution in [3.8, 4) is 0 Å². The van der Waals surface area contributed by atoms with Crippen LogP contribution in [-0.4, -0.2) is 50.0 Å². The molecular formula is C18H22N4O3. The number of nitrogens with zero attached hydrogens (tertiary/aromatic N) is 3. The summed E-state index contributed by atoms with van der Waals surface area (Å²) in [6.45, 7) is 0.875. The van der Waals surface area contributed by atoms with Crippen LogP contribution in [0.25, 0.3) is 11.0 Å². The number of rotatable bonds is 4. The molecule has 1 aromatic carbocycles. The Morgan fingerprint density at radius 2 is 2.08 bits per heavy atom. The molecule has 0 radical (unpaired) electrons. The fourth-order valence-electron chi connectivity index (χ4n) is 4.12. The number of fused-ring (bicyclic) bond motifs is 3. The number of para-hydroxylation sites is 2. The van der Waals surface area contributed by atoms with E-state index in [9.17, 15) is 14.7 Å². The number of carbonyl (C=O) groups is 2. The maximum atomic E-state index is 12.8. The van der Waals surface area contributed by atoms with Crippen molar-refractivity contribution in [2.45, 2.75) is 50.9 Å². The molecule has 2 aliphatic heterocycles. The van der Waals surface area contributed by atoms with Gasteiger partial charge >= 0.3 is 0 Å². The van der Waals surface area contributed by atoms with E-state index < -0.39 is 0 Å². The van der Waals surface area contributed by atoms with E-state index in [0.717, 1.165) is 23.9 Å². The average Bonchev–Trinajstić information content (AvgIpc) is 3.12. The Bertz CT molecular complexity index is 816. The topological polar surface area (TPSA) is 87.5 Å². The number of hydrogen-bond donors (Lipinski definition) is 2. The quantitative estimate of drug-likeness (QED) is 0.860. The van der Waals surface area contributed by atoms with Crippen LogP contribution in [0.2, 0.25) is 0 Å². The number of aliphatic hydroxyl groups is 1. The van der Waals surface area contributed by atoms with Crippen molar-refractivity contribution in [1.82, 2.24) is 19.8 Å². The average molecular weight is 342 g/mol. The molecule has 2 saturated heterocycles. The van der Waals surface area contributed by atoms with Crippen molar-refractivity contribution < 1.29 is 14.7 Å². The lowest BCUT2D eigenvalue weighted by atomic mass is 10.1. The van der Waals surface area contributed by atoms with Gasteiger partial charge in [-0.1, -0.05) is 12.1 Å². The van der Waals surface area contributed by atoms with Crippen LogP contribution >= 0.6 is 0 Å². The lowest BCUT2D eigenvalue weighted by molar-refractivity contribution is -0.134. The van der Waals surface area contributed by atoms with Crippen molar-refractivity contribution in [1.29, 1.82) is 0 Å². The summed E-state index contributed by atoms with van der Waals surface area (Å²) in [5.74, 6) is 0.684. The normalized spacial score (nSPS) is 22.9. The highest BCUT2D eigenvalue weighted by atomic mass is 16.3. The Morgan fingerprint density at radius 1 is 1.28 bits per heavy atom. The van der Waals surface area contributed by atoms with E-state index in [-0.39, 0.29) is 30.5 Å². The first-order chi connectivity index (χ1) is 12.2. The van der Waals surface area contributed by atoms with E-state index in [2.05, 4.69) is 10.3 Å². The van der Waals surface area contributed by atoms with Crippen LogP contribution in [-0.2, 0) is 22.7 Å². The predicted octanol–water partition coefficient (Wildman–Crippen LogP) is 0.798. The van der Waals surface area contributed by atoms with Crippen molar-refractivity contribution in [3.63, 3.8) is 0 Å². The summed E-state index contributed by atoms with van der Waals surface area (Å²) >= 11 is 0. The van der Waals surface area contributed by atoms with Crippen LogP contribution in [0.5, 0.6) is 0 Å². The van der Waals surface area contributed by atoms with Gasteiger partial charge in [-0.05, 0) is 25.0 Å². The van der Waals surface area contributed by atoms with E-state index in [1.807, 2.05) is 33.7 Å². The number of carbonyl (C=O) groups excluding carboxylic acids is 2. The number of aliphatic hydroxyl groups excluding tert-OH is 1. The molecule has 0 aliphatic carbocycles. The van der Waals surface area contributed by atoms with Crippen molar-refractivity contribution in [2.24, 2.45) is 0 Å². The fourth-order valence-corrected chi connectivity index (χ4v) is 4.12. The van der Waals surface area contributed by atoms with Crippen LogP contribution in [0.1, 0.15) is 31.5 Å². The van der Waals surface area contributed by atoms with Crippen LogP contribution in [0.4, 0.5) is 0 Å². The van der Waals surface area contributed by atoms with Gasteiger partial charge in [0.25, 0.3) is 0 Å². The summed E-state index contributed by atoms with van der Waals surface area (Å²) in [5.41, 5.74) is 1.75. The second-order valence-corrected chi connectivity index (χ2v) is 6.77. The molecule has 3 heterocycles. The first kappa shape index (κ1) is 16.1. The lowest BCUT2D eigenvalue weighted by Crippen LogP contribution is -2.42. The summed E-state index contributed by atoms with van der Waals surface area (Å²) in [6, 6.07) is 7.82. The van der Waals surface area contributed by atoms with Gasteiger partial charge < -0.3 is 19.9 Å². The molecule has 2 bridgehead atoms. The second-order valence-electron chi connectivity index (χ2n) is 6.77. The summed E-state index contributed by atoms with van der Waals surface area (Å²) in [7, 11) is 0. The van der Waals surface area contributed by atoms with Gasteiger partial charge in [0.2, 0.25) is 11.8 Å². The number of amides is 2. The Morgan fingerprint density at radius 3 is 2.92 bits per heavy atom. The number of nitrogens with one attached hydrogen (secondary N) is 1. The third-order valence-corrected chi connectivity index (χ3v) is 5.29. The molecule has 132 valence electrons. The predicted molar refractivity (Wildman–Crippen MR) is 91.6 cm³/mol. The van der Waals surface area contributed by atoms with E-state index >= 15 is 0 Å². The first-order valence-electron chi connectivity index (χ1n) is 8.80. The van der Waals surface area contributed by atoms with Crippen molar-refractivity contribution in [2.75, 3.05) is 6.54 Å². The summed E-state index contributed by atoms with van der Waals surface area (Å²) < 4.78 is 1.91. The van der Waals surface area contributed by atoms with Gasteiger partial charge in [0.05, 0.1) is 11.0 Å². The van der Waals surface area contributed by atoms with E-state index in [1.54, 1.807) is 0 Å². The van der Waals surface area contributed by atoms with E-state index in [0.29, 0.717) is 31.8 Å². The van der Waals surface area contributed by atoms with Gasteiger partial charge in [0.15, 0.2) is 0 Å². The lowest BCUT2D eigenvalue weighted by Gasteiger charge is -2.27. The highest BCUT2D eigenvalue weighted by molar-refractivity contribution is 5.82. The minimum atomic E-state index is -0.156. The Kier molecular flexibility index (Phi) is 4.17. The Labute approximate surface area is 145 Å². The molecule has 0 saturated carbocycles. The number of imidazole rings is 1. The molecule has 0 spiro atoms. The molecule has 2 N–H and O–H groups in total. The standard InChI is InChI=1S/C18H22N4O3/c23-11-16-20-14-3-1-2-4-15(14)21(16)8-7-18(25)22-12-5-6-13(22)10-19-17(24)9-12/h1-4,12-13,23H,5-11H2,(H,19,24)/t12-,13+/m1/s1. The fraction of sp³-hybridized carbons (Fsp3) is 0.500. The molecule has 2 aromatic rings. The highest BCUT2D eigenvalue weighted by Gasteiger charge is 2.39. The molecule has 2 atom stereocenters. The summed E-state index contributed by atoms with van der Waals surface area (Å²) in [6.07, 6.45) is 2.60. The summed E-state index contributed by atoms with van der Waals surface area (Å²) in [5, 5.41) is 12.5. The molecule has 2 fully saturated rings. The molecule has 4 rings (SSSR count). The maximum absolute atomic E-state index is 12.8. The maximum Gasteiger partial charge on any atom is 0.224 e. The molecule has 7 heteroatoms. The molecular weight excluding hydrogens is 320 g/mol. The molecule has 0 unspecified atom stereocenters. The van der Waals surface area contributed by atoms with Crippen LogP contribution in [0, 0.1) is 0 Å². The van der Waals surface area contributed by atoms with Gasteiger partial charge in [-0.2, -0.15) is 0 Å². The molecule has 7 nitrogen and oxygen atoms in total. The van der Waals surface area contributed by atoms with Crippen LogP contribution in [0.15, 0.2) is 24.3 Å². The molecule has 25 heavy (non-hydrogen) atoms. The molecule has 1 aromatic heterocycles. The van der Waals surface area contributed by atoms with Gasteiger partial charge in [-0.25, -0.2) is 4.98 Å². The third-order valence-electron chi connectivity index (χ3n) is 5.29. The second kappa shape index (κ2) is 6.48. The van der Waals surface area contributed by atoms with Crippen molar-refractivity contribution in [3.05, 3.63) is 30.1 Å². The minimum absolute atomic E-state index is 0.0249. The molecule has 2 aliphatic rings. The van der Waals surface area contributed by atoms with Gasteiger partial charge in [-0.3, -0.25) is 9.59 Å². The van der Waals surface area contributed by atoms with E-state index in [1.165, 1.54) is 0 Å². The van der Waals surface area contributed by atoms with Gasteiger partial charge in [-0.15, -0.1) is 0 Å². The monoisotopic (exact) mass is 342 g/mol. The van der Waals surface area contributed by atoms with Gasteiger partial charge in [0, 0.05) is 38.0 Å². The largest absolute Gasteiger partial charge is 0.388 e. The highest BCUT2D eigenvalue weighted by Crippen LogP contribution is 2.29. The zero-order chi connectivity index (χ0) is 17.4. The number of aromatic nitrogens is 2. The number of aryl methyl sites for hydroxylation is 1. The van der Waals surface area contributed by atoms with Gasteiger partial charge in [0.1, 0.15) is 12.4 Å². The zero-order valence-electron chi connectivity index (χ0n) is 14.0. The van der Waals surface area contributed by atoms with Crippen molar-refractivity contribution >= 4 is 22.8 Å². The Balaban J connectivity index is 1.52. The van der Waals surface area contributed by atoms with Crippen LogP contribution in [0.3, 0.4) is 0 Å². The third kappa shape index (κ3) is 2.89. The molecule has 2 amide bonds. The van der Waals surface area contributed by atoms with Crippen LogP contribution < -0.4 is 5.32 Å². The SMILES string of the molecule is O=C1C[C@H]2CC[C@@H](CN1)N2C(=O)CCn1c(CO)nc2ccccc21. The Hall–Kier alpha value is -2.41. The zero-order valence-corrected chi connectivity index (χ0v) is 14.0.